The summed E-state index contributed by atoms with van der Waals surface area (Å²) < 4.78 is 2.07. The number of amides is 1. The SMILES string of the molecule is CC(c1ccccc1)N1CCN(C(=O)CSc2nnc(-c3cccnc3)n2Cc2ccccc2)CC1. The highest BCUT2D eigenvalue weighted by Crippen LogP contribution is 2.26. The number of piperazine rings is 1. The zero-order chi connectivity index (χ0) is 24.7. The third kappa shape index (κ3) is 5.66. The molecule has 1 unspecified atom stereocenters. The van der Waals surface area contributed by atoms with Gasteiger partial charge < -0.3 is 4.90 Å². The number of carbonyl (C=O) groups is 1. The predicted octanol–water partition coefficient (Wildman–Crippen LogP) is 4.39. The highest BCUT2D eigenvalue weighted by molar-refractivity contribution is 7.99. The first-order chi connectivity index (χ1) is 17.7. The van der Waals surface area contributed by atoms with Crippen molar-refractivity contribution in [2.45, 2.75) is 24.7 Å². The number of rotatable bonds is 8. The molecule has 1 fully saturated rings. The first-order valence-electron chi connectivity index (χ1n) is 12.3. The van der Waals surface area contributed by atoms with E-state index in [1.807, 2.05) is 41.3 Å². The van der Waals surface area contributed by atoms with Gasteiger partial charge in [0, 0.05) is 50.2 Å². The summed E-state index contributed by atoms with van der Waals surface area (Å²) in [6.45, 7) is 6.11. The van der Waals surface area contributed by atoms with Crippen LogP contribution in [0.2, 0.25) is 0 Å². The Morgan fingerprint density at radius 3 is 2.33 bits per heavy atom. The van der Waals surface area contributed by atoms with Crippen LogP contribution in [0, 0.1) is 0 Å². The Morgan fingerprint density at radius 2 is 1.64 bits per heavy atom. The van der Waals surface area contributed by atoms with Crippen LogP contribution >= 0.6 is 11.8 Å². The average Bonchev–Trinajstić information content (AvgIpc) is 3.35. The van der Waals surface area contributed by atoms with Crippen LogP contribution < -0.4 is 0 Å². The second kappa shape index (κ2) is 11.5. The van der Waals surface area contributed by atoms with Gasteiger partial charge in [-0.05, 0) is 30.2 Å². The number of carbonyl (C=O) groups excluding carboxylic acids is 1. The molecule has 1 atom stereocenters. The van der Waals surface area contributed by atoms with Crippen molar-refractivity contribution in [3.8, 4) is 11.4 Å². The van der Waals surface area contributed by atoms with E-state index in [0.29, 0.717) is 18.3 Å². The van der Waals surface area contributed by atoms with E-state index in [-0.39, 0.29) is 5.91 Å². The molecule has 0 aliphatic carbocycles. The molecule has 4 aromatic rings. The summed E-state index contributed by atoms with van der Waals surface area (Å²) in [7, 11) is 0. The lowest BCUT2D eigenvalue weighted by molar-refractivity contribution is -0.130. The van der Waals surface area contributed by atoms with E-state index < -0.39 is 0 Å². The van der Waals surface area contributed by atoms with Gasteiger partial charge in [0.2, 0.25) is 5.91 Å². The van der Waals surface area contributed by atoms with Gasteiger partial charge >= 0.3 is 0 Å². The summed E-state index contributed by atoms with van der Waals surface area (Å²) in [6, 6.07) is 25.0. The van der Waals surface area contributed by atoms with Crippen LogP contribution in [0.1, 0.15) is 24.1 Å². The number of hydrogen-bond acceptors (Lipinski definition) is 6. The van der Waals surface area contributed by atoms with Gasteiger partial charge in [-0.1, -0.05) is 72.4 Å². The van der Waals surface area contributed by atoms with Crippen molar-refractivity contribution in [3.05, 3.63) is 96.3 Å². The number of pyridine rings is 1. The molecule has 0 N–H and O–H groups in total. The van der Waals surface area contributed by atoms with E-state index in [2.05, 4.69) is 68.0 Å². The lowest BCUT2D eigenvalue weighted by Gasteiger charge is -2.38. The maximum absolute atomic E-state index is 13.1. The Labute approximate surface area is 216 Å². The smallest absolute Gasteiger partial charge is 0.233 e. The van der Waals surface area contributed by atoms with Crippen molar-refractivity contribution in [2.75, 3.05) is 31.9 Å². The minimum atomic E-state index is 0.143. The molecule has 2 aromatic heterocycles. The van der Waals surface area contributed by atoms with Crippen LogP contribution in [0.3, 0.4) is 0 Å². The molecule has 0 spiro atoms. The lowest BCUT2D eigenvalue weighted by Crippen LogP contribution is -2.49. The molecule has 1 amide bonds. The van der Waals surface area contributed by atoms with Crippen LogP contribution in [0.4, 0.5) is 0 Å². The van der Waals surface area contributed by atoms with Gasteiger partial charge in [0.1, 0.15) is 0 Å². The van der Waals surface area contributed by atoms with E-state index in [1.165, 1.54) is 17.3 Å². The van der Waals surface area contributed by atoms with Crippen molar-refractivity contribution in [1.82, 2.24) is 29.5 Å². The molecule has 184 valence electrons. The van der Waals surface area contributed by atoms with Crippen LogP contribution in [0.5, 0.6) is 0 Å². The van der Waals surface area contributed by atoms with Gasteiger partial charge in [-0.3, -0.25) is 19.2 Å². The van der Waals surface area contributed by atoms with Crippen molar-refractivity contribution >= 4 is 17.7 Å². The van der Waals surface area contributed by atoms with Crippen molar-refractivity contribution in [1.29, 1.82) is 0 Å². The third-order valence-corrected chi connectivity index (χ3v) is 7.59. The van der Waals surface area contributed by atoms with E-state index in [4.69, 9.17) is 0 Å². The standard InChI is InChI=1S/C28H30N6OS/c1-22(24-11-6-3-7-12-24)32-15-17-33(18-16-32)26(35)21-36-28-31-30-27(25-13-8-14-29-19-25)34(28)20-23-9-4-2-5-10-23/h2-14,19,22H,15-18,20-21H2,1H3. The van der Waals surface area contributed by atoms with Gasteiger partial charge in [0.25, 0.3) is 0 Å². The topological polar surface area (TPSA) is 67.2 Å². The molecule has 1 aliphatic heterocycles. The summed E-state index contributed by atoms with van der Waals surface area (Å²) >= 11 is 1.45. The molecule has 1 saturated heterocycles. The first-order valence-corrected chi connectivity index (χ1v) is 13.2. The largest absolute Gasteiger partial charge is 0.339 e. The summed E-state index contributed by atoms with van der Waals surface area (Å²) in [5.41, 5.74) is 3.37. The highest BCUT2D eigenvalue weighted by Gasteiger charge is 2.25. The first kappa shape index (κ1) is 24.2. The van der Waals surface area contributed by atoms with Crippen LogP contribution in [0.25, 0.3) is 11.4 Å². The fourth-order valence-corrected chi connectivity index (χ4v) is 5.37. The Kier molecular flexibility index (Phi) is 7.73. The maximum atomic E-state index is 13.1. The van der Waals surface area contributed by atoms with Gasteiger partial charge in [-0.2, -0.15) is 0 Å². The number of thioether (sulfide) groups is 1. The van der Waals surface area contributed by atoms with E-state index >= 15 is 0 Å². The normalized spacial score (nSPS) is 15.1. The number of aromatic nitrogens is 4. The minimum absolute atomic E-state index is 0.143. The molecule has 0 saturated carbocycles. The molecule has 5 rings (SSSR count). The molecule has 2 aromatic carbocycles. The van der Waals surface area contributed by atoms with Crippen molar-refractivity contribution in [2.24, 2.45) is 0 Å². The fourth-order valence-electron chi connectivity index (χ4n) is 4.53. The predicted molar refractivity (Wildman–Crippen MR) is 143 cm³/mol. The molecule has 3 heterocycles. The van der Waals surface area contributed by atoms with Crippen molar-refractivity contribution in [3.63, 3.8) is 0 Å². The zero-order valence-electron chi connectivity index (χ0n) is 20.4. The van der Waals surface area contributed by atoms with Crippen LogP contribution in [-0.2, 0) is 11.3 Å². The monoisotopic (exact) mass is 498 g/mol. The summed E-state index contributed by atoms with van der Waals surface area (Å²) in [5.74, 6) is 1.24. The second-order valence-electron chi connectivity index (χ2n) is 8.91. The number of hydrogen-bond donors (Lipinski definition) is 0. The molecule has 8 heteroatoms. The highest BCUT2D eigenvalue weighted by atomic mass is 32.2. The minimum Gasteiger partial charge on any atom is -0.339 e. The van der Waals surface area contributed by atoms with Crippen LogP contribution in [-0.4, -0.2) is 67.4 Å². The Balaban J connectivity index is 1.23. The van der Waals surface area contributed by atoms with E-state index in [9.17, 15) is 4.79 Å². The lowest BCUT2D eigenvalue weighted by atomic mass is 10.1. The third-order valence-electron chi connectivity index (χ3n) is 6.64. The van der Waals surface area contributed by atoms with Gasteiger partial charge in [0.05, 0.1) is 12.3 Å². The molecule has 7 nitrogen and oxygen atoms in total. The number of benzene rings is 2. The van der Waals surface area contributed by atoms with Gasteiger partial charge in [0.15, 0.2) is 11.0 Å². The summed E-state index contributed by atoms with van der Waals surface area (Å²) in [6.07, 6.45) is 3.54. The molecule has 0 radical (unpaired) electrons. The summed E-state index contributed by atoms with van der Waals surface area (Å²) in [5, 5.41) is 9.63. The fraction of sp³-hybridized carbons (Fsp3) is 0.286. The Bertz CT molecular complexity index is 1260. The quantitative estimate of drug-likeness (QED) is 0.336. The second-order valence-corrected chi connectivity index (χ2v) is 9.85. The van der Waals surface area contributed by atoms with Crippen LogP contribution in [0.15, 0.2) is 90.3 Å². The van der Waals surface area contributed by atoms with E-state index in [0.717, 1.165) is 48.3 Å². The molecule has 36 heavy (non-hydrogen) atoms. The van der Waals surface area contributed by atoms with Crippen molar-refractivity contribution < 1.29 is 4.79 Å². The van der Waals surface area contributed by atoms with E-state index in [1.54, 1.807) is 12.4 Å². The maximum Gasteiger partial charge on any atom is 0.233 e. The zero-order valence-corrected chi connectivity index (χ0v) is 21.2. The summed E-state index contributed by atoms with van der Waals surface area (Å²) in [4.78, 5) is 21.7. The molecule has 1 aliphatic rings. The molecular weight excluding hydrogens is 468 g/mol. The molecule has 0 bridgehead atoms. The Morgan fingerprint density at radius 1 is 0.917 bits per heavy atom. The van der Waals surface area contributed by atoms with Gasteiger partial charge in [-0.15, -0.1) is 10.2 Å². The Hall–Kier alpha value is -3.49. The van der Waals surface area contributed by atoms with Gasteiger partial charge in [-0.25, -0.2) is 0 Å². The average molecular weight is 499 g/mol. The number of nitrogens with zero attached hydrogens (tertiary/aromatic N) is 6. The molecular formula is C28H30N6OS.